The van der Waals surface area contributed by atoms with Crippen LogP contribution < -0.4 is 37.4 Å². The average molecular weight is 1490 g/mol. The Labute approximate surface area is 607 Å². The molecule has 1 N–H and O–H groups in total. The normalized spacial score (nSPS) is 19.0. The molecule has 11 rings (SSSR count). The van der Waals surface area contributed by atoms with Gasteiger partial charge in [0, 0.05) is 102 Å². The smallest absolute Gasteiger partial charge is 0.493 e. The Morgan fingerprint density at radius 3 is 1.84 bits per heavy atom. The van der Waals surface area contributed by atoms with Gasteiger partial charge >= 0.3 is 34.3 Å². The number of aryl methyl sites for hydroxylation is 1. The van der Waals surface area contributed by atoms with E-state index in [9.17, 15) is 42.0 Å². The highest BCUT2D eigenvalue weighted by Gasteiger charge is 2.54. The van der Waals surface area contributed by atoms with Gasteiger partial charge < -0.3 is 89.6 Å². The number of benzene rings is 5. The molecular weight excluding hydrogens is 1410 g/mol. The monoisotopic (exact) mass is 1480 g/mol. The molecule has 7 atom stereocenters. The third kappa shape index (κ3) is 18.8. The van der Waals surface area contributed by atoms with Gasteiger partial charge in [-0.2, -0.15) is 0 Å². The van der Waals surface area contributed by atoms with Gasteiger partial charge in [0.25, 0.3) is 17.7 Å². The van der Waals surface area contributed by atoms with Crippen LogP contribution in [0.2, 0.25) is 0 Å². The van der Waals surface area contributed by atoms with E-state index in [1.54, 1.807) is 52.8 Å². The lowest BCUT2D eigenvalue weighted by atomic mass is 9.94. The molecule has 5 aliphatic heterocycles. The van der Waals surface area contributed by atoms with Gasteiger partial charge in [-0.15, -0.1) is 8.42 Å². The van der Waals surface area contributed by atoms with Gasteiger partial charge in [0.15, 0.2) is 46.7 Å². The Morgan fingerprint density at radius 1 is 0.642 bits per heavy atom. The highest BCUT2D eigenvalue weighted by Crippen LogP contribution is 2.43. The lowest BCUT2D eigenvalue weighted by Gasteiger charge is -2.43. The van der Waals surface area contributed by atoms with Crippen molar-refractivity contribution >= 4 is 75.8 Å². The number of hydrogen-bond acceptors (Lipinski definition) is 28. The van der Waals surface area contributed by atoms with Crippen LogP contribution in [0.15, 0.2) is 106 Å². The van der Waals surface area contributed by atoms with Gasteiger partial charge in [0.1, 0.15) is 31.7 Å². The van der Waals surface area contributed by atoms with E-state index in [4.69, 9.17) is 85.5 Å². The summed E-state index contributed by atoms with van der Waals surface area (Å²) in [7, 11) is -0.739. The van der Waals surface area contributed by atoms with E-state index in [2.05, 4.69) is 20.3 Å². The molecule has 6 heterocycles. The van der Waals surface area contributed by atoms with Crippen molar-refractivity contribution in [2.45, 2.75) is 110 Å². The fraction of sp³-hybridized carbons (Fsp3) is 0.408. The van der Waals surface area contributed by atoms with Crippen LogP contribution in [0.1, 0.15) is 92.4 Å². The highest BCUT2D eigenvalue weighted by atomic mass is 32.3. The predicted octanol–water partition coefficient (Wildman–Crippen LogP) is 6.42. The van der Waals surface area contributed by atoms with Crippen LogP contribution in [-0.2, 0) is 114 Å². The summed E-state index contributed by atoms with van der Waals surface area (Å²) in [6.07, 6.45) is -2.43. The summed E-state index contributed by atoms with van der Waals surface area (Å²) in [4.78, 5) is 113. The summed E-state index contributed by atoms with van der Waals surface area (Å²) in [6.45, 7) is 4.60. The predicted molar refractivity (Wildman–Crippen MR) is 370 cm³/mol. The summed E-state index contributed by atoms with van der Waals surface area (Å²) in [5, 5.41) is 6.06. The van der Waals surface area contributed by atoms with Gasteiger partial charge in [-0.25, -0.2) is 4.98 Å². The maximum absolute atomic E-state index is 14.8. The summed E-state index contributed by atoms with van der Waals surface area (Å²) < 4.78 is 118. The Bertz CT molecular complexity index is 4540. The molecule has 3 amide bonds. The van der Waals surface area contributed by atoms with Crippen molar-refractivity contribution in [1.29, 1.82) is 0 Å². The lowest BCUT2D eigenvalue weighted by molar-refractivity contribution is -0.288. The number of hydrogen-bond donors (Lipinski definition) is 1. The zero-order valence-electron chi connectivity index (χ0n) is 58.7. The minimum Gasteiger partial charge on any atom is -0.493 e. The van der Waals surface area contributed by atoms with Crippen LogP contribution in [0, 0.1) is 0 Å². The summed E-state index contributed by atoms with van der Waals surface area (Å²) in [5.41, 5.74) is 13.7. The van der Waals surface area contributed by atoms with E-state index < -0.39 is 94.7 Å². The number of carbonyl (C=O) groups excluding carboxylic acids is 7. The molecule has 34 nitrogen and oxygen atoms in total. The number of azide groups is 1. The lowest BCUT2D eigenvalue weighted by Crippen LogP contribution is -2.63. The van der Waals surface area contributed by atoms with E-state index in [-0.39, 0.29) is 153 Å². The molecule has 0 bridgehead atoms. The standard InChI is InChI=1S/C71H76N10O24S/c1-40(82)96-38-64-65(99-41(2)83)66(100-42(3)84)67(101-43(4)85)71(103-64)102-58-13-12-47(68(86)73-14-16-93-18-20-95-21-19-94-17-15-77-78-72)26-63(58)105-106(89,90)104-51-23-44(36-97-61-30-54-52(28-59(61)91-6)69(87)80-34-48-11-9-8-10-46(48)25-49(80)32-74-54)22-45(24-51)37-98-62-31-55-53(29-60(62)92-7)70(88)81-35-56-57(79(5)39-76-56)27-50(81)33-75-55/h8-13,22-24,26,28-33,39,49-50,64-67,71H,14-21,25,27,34-38H2,1-7H3,(H,73,86)/t49-,50-,64+,65-,66-,67+,71?/m0/s1. The number of methoxy groups -OCH3 is 2. The van der Waals surface area contributed by atoms with Gasteiger partial charge in [-0.3, -0.25) is 43.5 Å². The molecule has 35 heteroatoms. The van der Waals surface area contributed by atoms with Crippen molar-refractivity contribution in [2.75, 3.05) is 73.6 Å². The molecule has 1 unspecified atom stereocenters. The number of nitrogens with one attached hydrogen (secondary N) is 1. The van der Waals surface area contributed by atoms with Crippen molar-refractivity contribution in [2.24, 2.45) is 22.1 Å². The summed E-state index contributed by atoms with van der Waals surface area (Å²) in [6, 6.07) is 20.9. The third-order valence-electron chi connectivity index (χ3n) is 17.2. The molecule has 1 aromatic heterocycles. The SMILES string of the molecule is COc1cc2c(cc1OCc1cc(COc3cc4c(cc3OC)C(=O)N3Cc5ncn(C)c5C[C@H]3C=N4)cc(OS(=O)(=O)Oc3cc(C(=O)NCCOCCOCCOCCN=[N+]=[N-])ccc3OC3O[C@H](COC(C)=O)[C@H](OC(C)=O)[C@H](OC(C)=O)[C@H]3OC(C)=O)c1)N=C[C@@H]1Cc3ccccc3CN1C2=O. The van der Waals surface area contributed by atoms with Crippen LogP contribution in [0.3, 0.4) is 0 Å². The summed E-state index contributed by atoms with van der Waals surface area (Å²) >= 11 is 0. The number of carbonyl (C=O) groups is 7. The second kappa shape index (κ2) is 34.5. The molecule has 0 radical (unpaired) electrons. The molecule has 1 saturated heterocycles. The Morgan fingerprint density at radius 2 is 1.23 bits per heavy atom. The fourth-order valence-electron chi connectivity index (χ4n) is 12.3. The Balaban J connectivity index is 0.899. The Kier molecular flexibility index (Phi) is 24.7. The summed E-state index contributed by atoms with van der Waals surface area (Å²) in [5.74, 6) is -6.04. The molecule has 0 spiro atoms. The van der Waals surface area contributed by atoms with Gasteiger partial charge in [0.05, 0.1) is 107 Å². The molecule has 1 fully saturated rings. The zero-order valence-corrected chi connectivity index (χ0v) is 59.5. The third-order valence-corrected chi connectivity index (χ3v) is 17.9. The number of esters is 4. The average Bonchev–Trinajstić information content (AvgIpc) is 1.38. The van der Waals surface area contributed by atoms with Gasteiger partial charge in [-0.05, 0) is 82.7 Å². The largest absolute Gasteiger partial charge is 0.501 e. The van der Waals surface area contributed by atoms with E-state index >= 15 is 0 Å². The fourth-order valence-corrected chi connectivity index (χ4v) is 13.1. The number of fused-ring (bicyclic) bond motifs is 6. The number of ether oxygens (including phenoxy) is 13. The van der Waals surface area contributed by atoms with E-state index in [1.807, 2.05) is 35.9 Å². The molecule has 106 heavy (non-hydrogen) atoms. The van der Waals surface area contributed by atoms with Crippen molar-refractivity contribution < 1.29 is 112 Å². The molecule has 0 saturated carbocycles. The molecule has 560 valence electrons. The van der Waals surface area contributed by atoms with Crippen LogP contribution in [0.5, 0.6) is 40.2 Å². The first-order chi connectivity index (χ1) is 51.0. The first kappa shape index (κ1) is 75.8. The quantitative estimate of drug-likeness (QED) is 0.0119. The topological polar surface area (TPSA) is 402 Å². The van der Waals surface area contributed by atoms with E-state index in [0.29, 0.717) is 25.1 Å². The van der Waals surface area contributed by atoms with Crippen LogP contribution in [0.4, 0.5) is 11.4 Å². The molecule has 5 aromatic carbocycles. The maximum Gasteiger partial charge on any atom is 0.501 e. The first-order valence-electron chi connectivity index (χ1n) is 33.4. The van der Waals surface area contributed by atoms with Crippen LogP contribution in [0.25, 0.3) is 10.4 Å². The molecular formula is C71H76N10O24S. The van der Waals surface area contributed by atoms with Crippen molar-refractivity contribution in [3.63, 3.8) is 0 Å². The van der Waals surface area contributed by atoms with Crippen molar-refractivity contribution in [1.82, 2.24) is 24.7 Å². The zero-order chi connectivity index (χ0) is 75.2. The first-order valence-corrected chi connectivity index (χ1v) is 34.7. The van der Waals surface area contributed by atoms with E-state index in [1.165, 1.54) is 38.5 Å². The highest BCUT2D eigenvalue weighted by molar-refractivity contribution is 7.82. The molecule has 6 aromatic rings. The number of aliphatic imine (C=N–C) groups is 2. The number of imidazole rings is 1. The number of nitrogens with zero attached hydrogens (tertiary/aromatic N) is 9. The van der Waals surface area contributed by atoms with Gasteiger partial charge in [-0.1, -0.05) is 29.4 Å². The van der Waals surface area contributed by atoms with Crippen LogP contribution >= 0.6 is 0 Å². The van der Waals surface area contributed by atoms with Crippen molar-refractivity contribution in [3.05, 3.63) is 152 Å². The Hall–Kier alpha value is -11.4. The minimum absolute atomic E-state index is 0.000140. The number of rotatable bonds is 32. The van der Waals surface area contributed by atoms with E-state index in [0.717, 1.165) is 62.3 Å². The maximum atomic E-state index is 14.8. The molecule has 5 aliphatic rings. The van der Waals surface area contributed by atoms with Crippen molar-refractivity contribution in [3.8, 4) is 40.2 Å². The second-order valence-corrected chi connectivity index (χ2v) is 25.7. The van der Waals surface area contributed by atoms with Crippen LogP contribution in [-0.4, -0.2) is 198 Å². The van der Waals surface area contributed by atoms with Gasteiger partial charge in [0.2, 0.25) is 12.4 Å². The second-order valence-electron chi connectivity index (χ2n) is 24.6. The minimum atomic E-state index is -5.43. The molecule has 0 aliphatic carbocycles. The number of amides is 3. The number of aromatic nitrogens is 2.